The molecule has 0 bridgehead atoms. The summed E-state index contributed by atoms with van der Waals surface area (Å²) >= 11 is 0. The van der Waals surface area contributed by atoms with Gasteiger partial charge in [0.1, 0.15) is 0 Å². The Kier molecular flexibility index (Phi) is 4.62. The van der Waals surface area contributed by atoms with Crippen molar-refractivity contribution < 1.29 is 4.74 Å². The Morgan fingerprint density at radius 1 is 1.64 bits per heavy atom. The van der Waals surface area contributed by atoms with Gasteiger partial charge in [0.2, 0.25) is 0 Å². The van der Waals surface area contributed by atoms with Gasteiger partial charge < -0.3 is 10.1 Å². The Morgan fingerprint density at radius 2 is 2.43 bits per heavy atom. The number of ether oxygens (including phenoxy) is 1. The summed E-state index contributed by atoms with van der Waals surface area (Å²) in [6, 6.07) is 0.301. The van der Waals surface area contributed by atoms with Crippen molar-refractivity contribution in [1.29, 1.82) is 0 Å². The van der Waals surface area contributed by atoms with Gasteiger partial charge in [-0.25, -0.2) is 0 Å². The predicted octanol–water partition coefficient (Wildman–Crippen LogP) is 1.20. The number of hydrogen-bond acceptors (Lipinski definition) is 3. The molecule has 4 heteroatoms. The van der Waals surface area contributed by atoms with E-state index in [9.17, 15) is 0 Å². The first-order valence-corrected chi connectivity index (χ1v) is 5.00. The summed E-state index contributed by atoms with van der Waals surface area (Å²) in [6.07, 6.45) is 3.96. The minimum absolute atomic E-state index is 0.301. The zero-order valence-electron chi connectivity index (χ0n) is 9.16. The van der Waals surface area contributed by atoms with Crippen molar-refractivity contribution in [2.75, 3.05) is 20.3 Å². The lowest BCUT2D eigenvalue weighted by atomic mass is 10.3. The van der Waals surface area contributed by atoms with Gasteiger partial charge in [0.05, 0.1) is 18.8 Å². The molecule has 1 aromatic rings. The molecule has 0 saturated carbocycles. The fourth-order valence-electron chi connectivity index (χ4n) is 1.30. The summed E-state index contributed by atoms with van der Waals surface area (Å²) in [5.41, 5.74) is 1.22. The molecule has 0 radical (unpaired) electrons. The second-order valence-electron chi connectivity index (χ2n) is 3.41. The monoisotopic (exact) mass is 197 g/mol. The molecule has 0 aliphatic rings. The average molecular weight is 197 g/mol. The molecular weight excluding hydrogens is 178 g/mol. The van der Waals surface area contributed by atoms with E-state index in [4.69, 9.17) is 4.74 Å². The zero-order valence-corrected chi connectivity index (χ0v) is 9.16. The van der Waals surface area contributed by atoms with Crippen molar-refractivity contribution in [3.05, 3.63) is 18.0 Å². The van der Waals surface area contributed by atoms with Gasteiger partial charge in [-0.3, -0.25) is 4.68 Å². The van der Waals surface area contributed by atoms with Gasteiger partial charge in [0.25, 0.3) is 0 Å². The highest BCUT2D eigenvalue weighted by Crippen LogP contribution is 2.06. The van der Waals surface area contributed by atoms with Crippen molar-refractivity contribution in [2.24, 2.45) is 0 Å². The van der Waals surface area contributed by atoms with Crippen LogP contribution in [0.25, 0.3) is 0 Å². The highest BCUT2D eigenvalue weighted by Gasteiger charge is 2.05. The van der Waals surface area contributed by atoms with Crippen LogP contribution in [0.1, 0.15) is 25.5 Å². The van der Waals surface area contributed by atoms with Gasteiger partial charge in [-0.2, -0.15) is 5.10 Å². The Balaban J connectivity index is 2.49. The molecule has 1 rings (SSSR count). The highest BCUT2D eigenvalue weighted by molar-refractivity contribution is 5.03. The molecule has 4 nitrogen and oxygen atoms in total. The fraction of sp³-hybridized carbons (Fsp3) is 0.700. The number of rotatable bonds is 6. The quantitative estimate of drug-likeness (QED) is 0.744. The van der Waals surface area contributed by atoms with Crippen LogP contribution in [0.5, 0.6) is 0 Å². The van der Waals surface area contributed by atoms with E-state index in [-0.39, 0.29) is 0 Å². The maximum absolute atomic E-state index is 5.07. The molecule has 1 heterocycles. The smallest absolute Gasteiger partial charge is 0.0724 e. The Bertz CT molecular complexity index is 260. The lowest BCUT2D eigenvalue weighted by molar-refractivity contribution is 0.157. The first kappa shape index (κ1) is 11.2. The van der Waals surface area contributed by atoms with Crippen molar-refractivity contribution in [3.8, 4) is 0 Å². The van der Waals surface area contributed by atoms with Crippen LogP contribution in [0.2, 0.25) is 0 Å². The fourth-order valence-corrected chi connectivity index (χ4v) is 1.30. The van der Waals surface area contributed by atoms with E-state index in [0.29, 0.717) is 12.6 Å². The van der Waals surface area contributed by atoms with Gasteiger partial charge in [0, 0.05) is 25.4 Å². The van der Waals surface area contributed by atoms with Crippen molar-refractivity contribution in [1.82, 2.24) is 15.1 Å². The number of nitrogens with zero attached hydrogens (tertiary/aromatic N) is 2. The molecule has 0 fully saturated rings. The van der Waals surface area contributed by atoms with E-state index in [2.05, 4.69) is 30.5 Å². The molecule has 0 amide bonds. The van der Waals surface area contributed by atoms with Crippen LogP contribution in [0.3, 0.4) is 0 Å². The maximum atomic E-state index is 5.07. The Hall–Kier alpha value is -0.870. The van der Waals surface area contributed by atoms with Crippen molar-refractivity contribution >= 4 is 0 Å². The third-order valence-corrected chi connectivity index (χ3v) is 2.09. The first-order valence-electron chi connectivity index (χ1n) is 5.00. The van der Waals surface area contributed by atoms with E-state index in [0.717, 1.165) is 13.1 Å². The molecule has 1 aromatic heterocycles. The normalized spacial score (nSPS) is 13.1. The van der Waals surface area contributed by atoms with Crippen LogP contribution in [0, 0.1) is 0 Å². The average Bonchev–Trinajstić information content (AvgIpc) is 2.63. The molecule has 0 spiro atoms. The van der Waals surface area contributed by atoms with Crippen LogP contribution >= 0.6 is 0 Å². The van der Waals surface area contributed by atoms with E-state index < -0.39 is 0 Å². The molecule has 1 unspecified atom stereocenters. The Morgan fingerprint density at radius 3 is 3.07 bits per heavy atom. The van der Waals surface area contributed by atoms with Crippen LogP contribution < -0.4 is 5.32 Å². The predicted molar refractivity (Wildman–Crippen MR) is 56.2 cm³/mol. The first-order chi connectivity index (χ1) is 6.77. The number of methoxy groups -OCH3 is 1. The summed E-state index contributed by atoms with van der Waals surface area (Å²) in [7, 11) is 1.71. The largest absolute Gasteiger partial charge is 0.382 e. The van der Waals surface area contributed by atoms with E-state index >= 15 is 0 Å². The molecule has 0 aromatic carbocycles. The van der Waals surface area contributed by atoms with Gasteiger partial charge >= 0.3 is 0 Å². The minimum atomic E-state index is 0.301. The van der Waals surface area contributed by atoms with Crippen LogP contribution in [-0.2, 0) is 11.3 Å². The zero-order chi connectivity index (χ0) is 10.4. The summed E-state index contributed by atoms with van der Waals surface area (Å²) in [5.74, 6) is 0. The molecule has 0 aliphatic heterocycles. The maximum Gasteiger partial charge on any atom is 0.0724 e. The van der Waals surface area contributed by atoms with Gasteiger partial charge in [-0.15, -0.1) is 0 Å². The second-order valence-corrected chi connectivity index (χ2v) is 3.41. The molecule has 14 heavy (non-hydrogen) atoms. The van der Waals surface area contributed by atoms with Gasteiger partial charge in [0.15, 0.2) is 0 Å². The summed E-state index contributed by atoms with van der Waals surface area (Å²) in [4.78, 5) is 0. The highest BCUT2D eigenvalue weighted by atomic mass is 16.5. The minimum Gasteiger partial charge on any atom is -0.382 e. The number of aromatic nitrogens is 2. The van der Waals surface area contributed by atoms with Crippen LogP contribution in [0.4, 0.5) is 0 Å². The van der Waals surface area contributed by atoms with Crippen LogP contribution in [0.15, 0.2) is 12.4 Å². The third kappa shape index (κ3) is 3.12. The van der Waals surface area contributed by atoms with E-state index in [1.165, 1.54) is 5.56 Å². The molecule has 0 saturated heterocycles. The van der Waals surface area contributed by atoms with Gasteiger partial charge in [-0.1, -0.05) is 6.92 Å². The number of hydrogen-bond donors (Lipinski definition) is 1. The summed E-state index contributed by atoms with van der Waals surface area (Å²) in [6.45, 7) is 6.75. The van der Waals surface area contributed by atoms with E-state index in [1.807, 2.05) is 10.9 Å². The van der Waals surface area contributed by atoms with Crippen molar-refractivity contribution in [2.45, 2.75) is 26.4 Å². The SMILES string of the molecule is CCNCc1cnn(C(C)COC)c1. The molecule has 0 aliphatic carbocycles. The van der Waals surface area contributed by atoms with E-state index in [1.54, 1.807) is 7.11 Å². The molecule has 1 N–H and O–H groups in total. The van der Waals surface area contributed by atoms with Crippen molar-refractivity contribution in [3.63, 3.8) is 0 Å². The molecule has 1 atom stereocenters. The summed E-state index contributed by atoms with van der Waals surface area (Å²) < 4.78 is 7.01. The summed E-state index contributed by atoms with van der Waals surface area (Å²) in [5, 5.41) is 7.55. The molecule has 80 valence electrons. The Labute approximate surface area is 85.3 Å². The lowest BCUT2D eigenvalue weighted by Gasteiger charge is -2.09. The standard InChI is InChI=1S/C10H19N3O/c1-4-11-5-10-6-12-13(7-10)9(2)8-14-3/h6-7,9,11H,4-5,8H2,1-3H3. The third-order valence-electron chi connectivity index (χ3n) is 2.09. The van der Waals surface area contributed by atoms with Crippen LogP contribution in [-0.4, -0.2) is 30.0 Å². The molecular formula is C10H19N3O. The lowest BCUT2D eigenvalue weighted by Crippen LogP contribution is -2.12. The van der Waals surface area contributed by atoms with Gasteiger partial charge in [-0.05, 0) is 13.5 Å². The topological polar surface area (TPSA) is 39.1 Å². The number of nitrogens with one attached hydrogen (secondary N) is 1. The second kappa shape index (κ2) is 5.78.